The molecule has 1 fully saturated rings. The molecule has 1 aliphatic heterocycles. The van der Waals surface area contributed by atoms with Crippen LogP contribution in [-0.2, 0) is 17.9 Å². The third-order valence-corrected chi connectivity index (χ3v) is 6.17. The number of carbonyl (C=O) groups excluding carboxylic acids is 1. The first kappa shape index (κ1) is 24.3. The smallest absolute Gasteiger partial charge is 0.267 e. The monoisotopic (exact) mass is 499 g/mol. The van der Waals surface area contributed by atoms with Crippen molar-refractivity contribution in [1.29, 1.82) is 0 Å². The number of nitrogens with zero attached hydrogens (tertiary/aromatic N) is 6. The maximum Gasteiger partial charge on any atom is 0.267 e. The second kappa shape index (κ2) is 11.1. The standard InChI is InChI=1S/C27H26FN7O2/c28-22-8-6-21(7-9-22)23-10-11-27(37)35(32-23)18-26(36)31-24-16-25(30-19-29-24)34-14-12-33(13-15-34)17-20-4-2-1-3-5-20/h1-11,16,19H,12-15,17-18H2,(H,29,30,31,36). The second-order valence-corrected chi connectivity index (χ2v) is 8.78. The van der Waals surface area contributed by atoms with E-state index in [1.165, 1.54) is 30.1 Å². The number of benzene rings is 2. The van der Waals surface area contributed by atoms with Gasteiger partial charge >= 0.3 is 0 Å². The highest BCUT2D eigenvalue weighted by Gasteiger charge is 2.19. The number of carbonyl (C=O) groups is 1. The van der Waals surface area contributed by atoms with Gasteiger partial charge in [0.2, 0.25) is 5.91 Å². The zero-order chi connectivity index (χ0) is 25.6. The summed E-state index contributed by atoms with van der Waals surface area (Å²) in [4.78, 5) is 38.1. The summed E-state index contributed by atoms with van der Waals surface area (Å²) >= 11 is 0. The fourth-order valence-electron chi connectivity index (χ4n) is 4.22. The molecule has 4 aromatic rings. The molecule has 9 nitrogen and oxygen atoms in total. The van der Waals surface area contributed by atoms with Crippen LogP contribution in [0.1, 0.15) is 5.56 Å². The summed E-state index contributed by atoms with van der Waals surface area (Å²) in [5.74, 6) is 0.278. The largest absolute Gasteiger partial charge is 0.354 e. The Bertz CT molecular complexity index is 1420. The molecule has 0 unspecified atom stereocenters. The van der Waals surface area contributed by atoms with Gasteiger partial charge in [-0.15, -0.1) is 0 Å². The van der Waals surface area contributed by atoms with Gasteiger partial charge in [-0.3, -0.25) is 14.5 Å². The zero-order valence-electron chi connectivity index (χ0n) is 20.1. The van der Waals surface area contributed by atoms with E-state index in [1.54, 1.807) is 24.3 Å². The van der Waals surface area contributed by atoms with Crippen LogP contribution < -0.4 is 15.8 Å². The molecule has 188 valence electrons. The Morgan fingerprint density at radius 1 is 0.919 bits per heavy atom. The van der Waals surface area contributed by atoms with Crippen LogP contribution in [0.15, 0.2) is 83.9 Å². The number of hydrogen-bond acceptors (Lipinski definition) is 7. The lowest BCUT2D eigenvalue weighted by molar-refractivity contribution is -0.117. The van der Waals surface area contributed by atoms with Gasteiger partial charge in [0.05, 0.1) is 5.69 Å². The Kier molecular flexibility index (Phi) is 7.27. The van der Waals surface area contributed by atoms with Crippen molar-refractivity contribution < 1.29 is 9.18 Å². The summed E-state index contributed by atoms with van der Waals surface area (Å²) in [5, 5.41) is 6.99. The van der Waals surface area contributed by atoms with Crippen LogP contribution in [0.4, 0.5) is 16.0 Å². The number of hydrogen-bond donors (Lipinski definition) is 1. The lowest BCUT2D eigenvalue weighted by Gasteiger charge is -2.35. The maximum atomic E-state index is 13.2. The molecular weight excluding hydrogens is 473 g/mol. The van der Waals surface area contributed by atoms with E-state index in [0.29, 0.717) is 17.1 Å². The molecule has 5 rings (SSSR count). The minimum absolute atomic E-state index is 0.286. The maximum absolute atomic E-state index is 13.2. The Morgan fingerprint density at radius 3 is 2.43 bits per heavy atom. The van der Waals surface area contributed by atoms with Crippen LogP contribution in [0, 0.1) is 5.82 Å². The molecule has 2 aromatic carbocycles. The van der Waals surface area contributed by atoms with Gasteiger partial charge in [-0.2, -0.15) is 5.10 Å². The molecule has 37 heavy (non-hydrogen) atoms. The van der Waals surface area contributed by atoms with Crippen molar-refractivity contribution in [2.45, 2.75) is 13.1 Å². The van der Waals surface area contributed by atoms with Gasteiger partial charge in [-0.05, 0) is 35.9 Å². The molecule has 0 atom stereocenters. The Labute approximate surface area is 213 Å². The first-order valence-corrected chi connectivity index (χ1v) is 12.0. The molecule has 0 aliphatic carbocycles. The predicted molar refractivity (Wildman–Crippen MR) is 138 cm³/mol. The first-order chi connectivity index (χ1) is 18.0. The number of amides is 1. The van der Waals surface area contributed by atoms with Crippen molar-refractivity contribution in [3.8, 4) is 11.3 Å². The number of anilines is 2. The van der Waals surface area contributed by atoms with Crippen molar-refractivity contribution in [1.82, 2.24) is 24.6 Å². The average molecular weight is 500 g/mol. The minimum atomic E-state index is -0.441. The molecule has 0 radical (unpaired) electrons. The molecular formula is C27H26FN7O2. The van der Waals surface area contributed by atoms with Crippen LogP contribution in [-0.4, -0.2) is 56.7 Å². The van der Waals surface area contributed by atoms with Gasteiger partial charge in [0, 0.05) is 50.4 Å². The number of rotatable bonds is 7. The quantitative estimate of drug-likeness (QED) is 0.418. The fraction of sp³-hybridized carbons (Fsp3) is 0.222. The first-order valence-electron chi connectivity index (χ1n) is 12.0. The summed E-state index contributed by atoms with van der Waals surface area (Å²) in [7, 11) is 0. The zero-order valence-corrected chi connectivity index (χ0v) is 20.1. The Morgan fingerprint density at radius 2 is 1.68 bits per heavy atom. The molecule has 3 heterocycles. The number of piperazine rings is 1. The molecule has 0 bridgehead atoms. The van der Waals surface area contributed by atoms with Crippen LogP contribution in [0.3, 0.4) is 0 Å². The van der Waals surface area contributed by atoms with E-state index >= 15 is 0 Å². The summed E-state index contributed by atoms with van der Waals surface area (Å²) in [6, 6.07) is 20.8. The van der Waals surface area contributed by atoms with Crippen molar-refractivity contribution in [2.75, 3.05) is 36.4 Å². The molecule has 1 aliphatic rings. The highest BCUT2D eigenvalue weighted by atomic mass is 19.1. The van der Waals surface area contributed by atoms with Gasteiger partial charge in [-0.1, -0.05) is 30.3 Å². The molecule has 2 aromatic heterocycles. The van der Waals surface area contributed by atoms with E-state index < -0.39 is 11.5 Å². The van der Waals surface area contributed by atoms with Gasteiger partial charge in [0.1, 0.15) is 30.3 Å². The minimum Gasteiger partial charge on any atom is -0.354 e. The molecule has 1 N–H and O–H groups in total. The predicted octanol–water partition coefficient (Wildman–Crippen LogP) is 2.80. The van der Waals surface area contributed by atoms with Crippen LogP contribution >= 0.6 is 0 Å². The van der Waals surface area contributed by atoms with Crippen molar-refractivity contribution >= 4 is 17.5 Å². The average Bonchev–Trinajstić information content (AvgIpc) is 2.92. The van der Waals surface area contributed by atoms with Gasteiger partial charge in [0.15, 0.2) is 0 Å². The lowest BCUT2D eigenvalue weighted by Crippen LogP contribution is -2.46. The van der Waals surface area contributed by atoms with Crippen molar-refractivity contribution in [2.24, 2.45) is 0 Å². The topological polar surface area (TPSA) is 96.2 Å². The van der Waals surface area contributed by atoms with E-state index in [-0.39, 0.29) is 12.4 Å². The van der Waals surface area contributed by atoms with Crippen LogP contribution in [0.2, 0.25) is 0 Å². The van der Waals surface area contributed by atoms with E-state index in [1.807, 2.05) is 6.07 Å². The third kappa shape index (κ3) is 6.22. The van der Waals surface area contributed by atoms with Crippen LogP contribution in [0.25, 0.3) is 11.3 Å². The summed E-state index contributed by atoms with van der Waals surface area (Å²) in [6.45, 7) is 4.06. The van der Waals surface area contributed by atoms with Crippen LogP contribution in [0.5, 0.6) is 0 Å². The van der Waals surface area contributed by atoms with Gasteiger partial charge < -0.3 is 10.2 Å². The molecule has 10 heteroatoms. The molecule has 0 spiro atoms. The molecule has 1 amide bonds. The SMILES string of the molecule is O=C(Cn1nc(-c2ccc(F)cc2)ccc1=O)Nc1cc(N2CCN(Cc3ccccc3)CC2)ncn1. The molecule has 0 saturated carbocycles. The third-order valence-electron chi connectivity index (χ3n) is 6.17. The Hall–Kier alpha value is -4.44. The van der Waals surface area contributed by atoms with E-state index in [0.717, 1.165) is 43.2 Å². The van der Waals surface area contributed by atoms with E-state index in [9.17, 15) is 14.0 Å². The molecule has 1 saturated heterocycles. The van der Waals surface area contributed by atoms with Crippen molar-refractivity contribution in [3.63, 3.8) is 0 Å². The summed E-state index contributed by atoms with van der Waals surface area (Å²) in [5.41, 5.74) is 1.97. The second-order valence-electron chi connectivity index (χ2n) is 8.78. The lowest BCUT2D eigenvalue weighted by atomic mass is 10.1. The van der Waals surface area contributed by atoms with Crippen molar-refractivity contribution in [3.05, 3.63) is 101 Å². The fourth-order valence-corrected chi connectivity index (χ4v) is 4.22. The number of nitrogens with one attached hydrogen (secondary N) is 1. The number of aromatic nitrogens is 4. The van der Waals surface area contributed by atoms with E-state index in [2.05, 4.69) is 54.4 Å². The van der Waals surface area contributed by atoms with E-state index in [4.69, 9.17) is 0 Å². The summed E-state index contributed by atoms with van der Waals surface area (Å²) < 4.78 is 14.3. The number of halogens is 1. The van der Waals surface area contributed by atoms with Gasteiger partial charge in [0.25, 0.3) is 5.56 Å². The summed E-state index contributed by atoms with van der Waals surface area (Å²) in [6.07, 6.45) is 1.42. The normalized spacial score (nSPS) is 13.9. The van der Waals surface area contributed by atoms with Gasteiger partial charge in [-0.25, -0.2) is 19.0 Å². The highest BCUT2D eigenvalue weighted by molar-refractivity contribution is 5.89. The highest BCUT2D eigenvalue weighted by Crippen LogP contribution is 2.18. The Balaban J connectivity index is 1.19.